The first-order chi connectivity index (χ1) is 12.4. The second-order valence-corrected chi connectivity index (χ2v) is 7.13. The number of aromatic carboxylic acids is 1. The number of carbonyl (C=O) groups is 1. The molecule has 1 atom stereocenters. The second-order valence-electron chi connectivity index (χ2n) is 7.13. The van der Waals surface area contributed by atoms with Gasteiger partial charge in [0.2, 0.25) is 0 Å². The molecule has 0 radical (unpaired) electrons. The third-order valence-corrected chi connectivity index (χ3v) is 5.20. The quantitative estimate of drug-likeness (QED) is 0.839. The molecule has 0 saturated carbocycles. The van der Waals surface area contributed by atoms with Crippen molar-refractivity contribution in [2.24, 2.45) is 5.41 Å². The zero-order chi connectivity index (χ0) is 18.9. The van der Waals surface area contributed by atoms with Crippen LogP contribution in [0.3, 0.4) is 0 Å². The zero-order valence-corrected chi connectivity index (χ0v) is 15.6. The van der Waals surface area contributed by atoms with Crippen LogP contribution >= 0.6 is 0 Å². The first-order valence-electron chi connectivity index (χ1n) is 8.82. The van der Waals surface area contributed by atoms with E-state index in [4.69, 9.17) is 0 Å². The summed E-state index contributed by atoms with van der Waals surface area (Å²) < 4.78 is 1.67. The molecule has 0 spiro atoms. The number of nitrogens with zero attached hydrogens (tertiary/aromatic N) is 3. The Bertz CT molecular complexity index is 929. The van der Waals surface area contributed by atoms with E-state index in [-0.39, 0.29) is 11.0 Å². The van der Waals surface area contributed by atoms with E-state index in [1.54, 1.807) is 11.4 Å². The Morgan fingerprint density at radius 3 is 2.92 bits per heavy atom. The van der Waals surface area contributed by atoms with E-state index in [0.717, 1.165) is 36.2 Å². The Morgan fingerprint density at radius 1 is 1.50 bits per heavy atom. The number of hydrogen-bond donors (Lipinski definition) is 1. The molecule has 0 bridgehead atoms. The van der Waals surface area contributed by atoms with E-state index in [0.29, 0.717) is 0 Å². The first-order valence-corrected chi connectivity index (χ1v) is 8.82. The monoisotopic (exact) mass is 349 g/mol. The van der Waals surface area contributed by atoms with E-state index in [1.807, 2.05) is 32.2 Å². The number of pyridine rings is 1. The van der Waals surface area contributed by atoms with Crippen molar-refractivity contribution in [3.05, 3.63) is 59.9 Å². The van der Waals surface area contributed by atoms with Gasteiger partial charge >= 0.3 is 154 Å². The van der Waals surface area contributed by atoms with Crippen molar-refractivity contribution in [3.8, 4) is 0 Å². The molecule has 1 saturated heterocycles. The SMILES string of the molecule is C=C/C(=C\C=C/C)[C@@]1(C)CCN(c2cc(C)c3bc(C(=O)O)nn3c2)C1. The van der Waals surface area contributed by atoms with E-state index in [2.05, 4.69) is 41.7 Å². The molecule has 1 N–H and O–H groups in total. The van der Waals surface area contributed by atoms with Crippen molar-refractivity contribution in [2.75, 3.05) is 18.0 Å². The van der Waals surface area contributed by atoms with E-state index in [9.17, 15) is 9.90 Å². The molecule has 2 aromatic rings. The summed E-state index contributed by atoms with van der Waals surface area (Å²) in [7, 11) is 0. The van der Waals surface area contributed by atoms with Gasteiger partial charge in [-0.2, -0.15) is 0 Å². The molecule has 6 heteroatoms. The molecule has 3 heterocycles. The minimum atomic E-state index is -1.01. The molecule has 1 aliphatic heterocycles. The van der Waals surface area contributed by atoms with Crippen molar-refractivity contribution in [3.63, 3.8) is 0 Å². The van der Waals surface area contributed by atoms with Gasteiger partial charge in [-0.05, 0) is 0 Å². The maximum atomic E-state index is 11.2. The van der Waals surface area contributed by atoms with Crippen molar-refractivity contribution in [1.82, 2.24) is 9.61 Å². The summed E-state index contributed by atoms with van der Waals surface area (Å²) in [4.78, 5) is 13.5. The number of allylic oxidation sites excluding steroid dienone is 4. The number of anilines is 1. The van der Waals surface area contributed by atoms with Crippen molar-refractivity contribution < 1.29 is 9.90 Å². The van der Waals surface area contributed by atoms with Gasteiger partial charge in [0, 0.05) is 0 Å². The Morgan fingerprint density at radius 2 is 2.27 bits per heavy atom. The summed E-state index contributed by atoms with van der Waals surface area (Å²) in [5, 5.41) is 13.4. The van der Waals surface area contributed by atoms with Crippen LogP contribution in [-0.4, -0.2) is 40.7 Å². The molecule has 2 aromatic heterocycles. The number of carboxylic acid groups (broad SMARTS) is 1. The van der Waals surface area contributed by atoms with Crippen molar-refractivity contribution in [2.45, 2.75) is 27.2 Å². The molecule has 3 rings (SSSR count). The van der Waals surface area contributed by atoms with Crippen LogP contribution in [0.2, 0.25) is 0 Å². The Balaban J connectivity index is 1.93. The number of rotatable bonds is 5. The topological polar surface area (TPSA) is 57.8 Å². The summed E-state index contributed by atoms with van der Waals surface area (Å²) in [6.07, 6.45) is 11.1. The number of hydrogen-bond acceptors (Lipinski definition) is 3. The molecular weight excluding hydrogens is 325 g/mol. The Labute approximate surface area is 154 Å². The fourth-order valence-corrected chi connectivity index (χ4v) is 3.66. The standard InChI is InChI=1S/C20H24BN3O2/c1-5-7-8-15(6-2)20(4)9-10-23(13-20)16-11-14(3)18-21-17(19(25)26)22-24(18)12-16/h5-8,11-12H,2,9-10,13H2,1,3-4H3,(H,25,26)/b7-5-,15-8+/t20-/m0/s1. The summed E-state index contributed by atoms with van der Waals surface area (Å²) in [5.41, 5.74) is 4.26. The molecule has 1 fully saturated rings. The van der Waals surface area contributed by atoms with Crippen LogP contribution in [0.5, 0.6) is 0 Å². The van der Waals surface area contributed by atoms with E-state index >= 15 is 0 Å². The number of carboxylic acids is 1. The summed E-state index contributed by atoms with van der Waals surface area (Å²) in [6, 6.07) is 2.11. The van der Waals surface area contributed by atoms with Crippen molar-refractivity contribution in [1.29, 1.82) is 0 Å². The van der Waals surface area contributed by atoms with Crippen LogP contribution in [0.1, 0.15) is 36.2 Å². The van der Waals surface area contributed by atoms with Crippen LogP contribution < -0.4 is 4.90 Å². The molecule has 134 valence electrons. The minimum absolute atomic E-state index is 0.0421. The van der Waals surface area contributed by atoms with Gasteiger partial charge in [0.05, 0.1) is 0 Å². The summed E-state index contributed by atoms with van der Waals surface area (Å²) in [5.74, 6) is -1.01. The molecular formula is C20H24BN3O2. The van der Waals surface area contributed by atoms with Crippen LogP contribution in [0, 0.1) is 12.3 Å². The average Bonchev–Trinajstić information content (AvgIpc) is 3.20. The fourth-order valence-electron chi connectivity index (χ4n) is 3.66. The van der Waals surface area contributed by atoms with Gasteiger partial charge in [-0.25, -0.2) is 0 Å². The Hall–Kier alpha value is -2.63. The van der Waals surface area contributed by atoms with Crippen LogP contribution in [0.15, 0.2) is 48.7 Å². The average molecular weight is 349 g/mol. The third kappa shape index (κ3) is 3.23. The molecule has 0 unspecified atom stereocenters. The van der Waals surface area contributed by atoms with Crippen LogP contribution in [0.25, 0.3) is 5.41 Å². The fraction of sp³-hybridized carbons (Fsp3) is 0.350. The predicted octanol–water partition coefficient (Wildman–Crippen LogP) is 3.58. The summed E-state index contributed by atoms with van der Waals surface area (Å²) in [6.45, 7) is 13.7. The zero-order valence-electron chi connectivity index (χ0n) is 15.6. The van der Waals surface area contributed by atoms with Gasteiger partial charge in [-0.1, -0.05) is 0 Å². The first kappa shape index (κ1) is 18.2. The molecule has 26 heavy (non-hydrogen) atoms. The van der Waals surface area contributed by atoms with Gasteiger partial charge < -0.3 is 0 Å². The second kappa shape index (κ2) is 6.94. The van der Waals surface area contributed by atoms with Gasteiger partial charge in [0.15, 0.2) is 0 Å². The number of aryl methyl sites for hydroxylation is 1. The van der Waals surface area contributed by atoms with Crippen LogP contribution in [-0.2, 0) is 0 Å². The number of aromatic nitrogens is 2. The molecule has 1 aliphatic rings. The van der Waals surface area contributed by atoms with Gasteiger partial charge in [0.1, 0.15) is 0 Å². The van der Waals surface area contributed by atoms with E-state index in [1.165, 1.54) is 5.57 Å². The maximum absolute atomic E-state index is 11.2. The molecule has 0 amide bonds. The van der Waals surface area contributed by atoms with E-state index < -0.39 is 5.97 Å². The predicted molar refractivity (Wildman–Crippen MR) is 106 cm³/mol. The Kier molecular flexibility index (Phi) is 4.85. The molecule has 0 aromatic carbocycles. The normalized spacial score (nSPS) is 20.9. The van der Waals surface area contributed by atoms with Gasteiger partial charge in [-0.15, -0.1) is 0 Å². The third-order valence-electron chi connectivity index (χ3n) is 5.20. The summed E-state index contributed by atoms with van der Waals surface area (Å²) >= 11 is 0. The number of fused-ring (bicyclic) bond motifs is 1. The van der Waals surface area contributed by atoms with Gasteiger partial charge in [0.25, 0.3) is 0 Å². The molecule has 0 aliphatic carbocycles. The molecule has 5 nitrogen and oxygen atoms in total. The van der Waals surface area contributed by atoms with Crippen molar-refractivity contribution >= 4 is 24.0 Å². The van der Waals surface area contributed by atoms with Gasteiger partial charge in [-0.3, -0.25) is 0 Å². The van der Waals surface area contributed by atoms with Crippen LogP contribution in [0.4, 0.5) is 5.69 Å².